The zero-order chi connectivity index (χ0) is 37.7. The molecule has 0 saturated carbocycles. The first kappa shape index (κ1) is 36.2. The molecule has 8 rings (SSSR count). The van der Waals surface area contributed by atoms with E-state index in [0.717, 1.165) is 76.9 Å². The Morgan fingerprint density at radius 1 is 1.11 bits per heavy atom. The number of rotatable bonds is 10. The van der Waals surface area contributed by atoms with Gasteiger partial charge in [0.15, 0.2) is 0 Å². The van der Waals surface area contributed by atoms with Crippen molar-refractivity contribution in [3.8, 4) is 23.1 Å². The smallest absolute Gasteiger partial charge is 0.319 e. The standard InChI is InChI=1S/C41H51B3N8O2/c1-25-21-41(14-10-16-50(41)23-25)24-54-40-48-36-33-38(49-40)51(28(4)31-13-9-15-46-37(31)45)17-18-53-39(33)47-35(34(36)42)32-20-30(19-26(2)27(32)3)52(43)44(5)22-29-11-7-6-8-12-29/h6-9,11-13,15,19-20,25,28H,10,14,16-18,21-24,42-43H2,1-5H3,(H2,45,46)/t25?,28?,41-/m0/s1. The number of pyridine rings is 2. The average molecular weight is 720 g/mol. The lowest BCUT2D eigenvalue weighted by Crippen LogP contribution is -2.43. The summed E-state index contributed by atoms with van der Waals surface area (Å²) in [5.74, 6) is 2.44. The molecule has 0 amide bonds. The molecular weight excluding hydrogens is 669 g/mol. The van der Waals surface area contributed by atoms with Gasteiger partial charge in [-0.05, 0) is 93.6 Å². The summed E-state index contributed by atoms with van der Waals surface area (Å²) in [5.41, 5.74) is 16.0. The van der Waals surface area contributed by atoms with Gasteiger partial charge in [0, 0.05) is 29.6 Å². The second kappa shape index (κ2) is 14.5. The predicted octanol–water partition coefficient (Wildman–Crippen LogP) is 4.52. The normalized spacial score (nSPS) is 20.0. The van der Waals surface area contributed by atoms with E-state index < -0.39 is 0 Å². The number of ether oxygens (including phenoxy) is 2. The van der Waals surface area contributed by atoms with E-state index in [-0.39, 0.29) is 18.4 Å². The fourth-order valence-corrected chi connectivity index (χ4v) is 9.22. The second-order valence-electron chi connectivity index (χ2n) is 16.1. The van der Waals surface area contributed by atoms with Crippen molar-refractivity contribution in [3.05, 3.63) is 83.0 Å². The number of nitrogens with two attached hydrogens (primary N) is 1. The Labute approximate surface area is 321 Å². The first-order chi connectivity index (χ1) is 26.0. The summed E-state index contributed by atoms with van der Waals surface area (Å²) in [6.45, 7) is 15.3. The van der Waals surface area contributed by atoms with E-state index in [9.17, 15) is 0 Å². The van der Waals surface area contributed by atoms with Crippen molar-refractivity contribution < 1.29 is 9.47 Å². The van der Waals surface area contributed by atoms with Gasteiger partial charge in [-0.2, -0.15) is 9.97 Å². The van der Waals surface area contributed by atoms with Crippen LogP contribution in [0.1, 0.15) is 61.4 Å². The van der Waals surface area contributed by atoms with Crippen molar-refractivity contribution in [2.75, 3.05) is 48.2 Å². The highest BCUT2D eigenvalue weighted by atomic mass is 16.5. The molecule has 2 saturated heterocycles. The molecule has 0 aliphatic carbocycles. The zero-order valence-electron chi connectivity index (χ0n) is 32.9. The van der Waals surface area contributed by atoms with Crippen LogP contribution in [0, 0.1) is 19.8 Å². The molecule has 6 heterocycles. The highest BCUT2D eigenvalue weighted by Gasteiger charge is 2.48. The Morgan fingerprint density at radius 2 is 1.93 bits per heavy atom. The molecular formula is C41H51B3N8O2. The van der Waals surface area contributed by atoms with Gasteiger partial charge in [0.1, 0.15) is 38.1 Å². The predicted molar refractivity (Wildman–Crippen MR) is 226 cm³/mol. The van der Waals surface area contributed by atoms with E-state index in [2.05, 4.69) is 112 Å². The highest BCUT2D eigenvalue weighted by Crippen LogP contribution is 2.43. The minimum atomic E-state index is -0.131. The second-order valence-corrected chi connectivity index (χ2v) is 16.1. The summed E-state index contributed by atoms with van der Waals surface area (Å²) in [4.78, 5) is 25.0. The molecule has 54 heavy (non-hydrogen) atoms. The number of benzene rings is 2. The van der Waals surface area contributed by atoms with E-state index in [1.807, 2.05) is 12.1 Å². The van der Waals surface area contributed by atoms with Gasteiger partial charge >= 0.3 is 6.01 Å². The number of hydrogen-bond acceptors (Lipinski definition) is 10. The fourth-order valence-electron chi connectivity index (χ4n) is 9.22. The molecule has 2 N–H and O–H groups in total. The molecule has 2 fully saturated rings. The van der Waals surface area contributed by atoms with Gasteiger partial charge in [0.25, 0.3) is 0 Å². The van der Waals surface area contributed by atoms with Crippen LogP contribution in [0.3, 0.4) is 0 Å². The van der Waals surface area contributed by atoms with Gasteiger partial charge in [0.2, 0.25) is 20.7 Å². The number of aryl methyl sites for hydroxylation is 1. The van der Waals surface area contributed by atoms with Gasteiger partial charge in [-0.15, -0.1) is 0 Å². The Morgan fingerprint density at radius 3 is 2.72 bits per heavy atom. The lowest BCUT2D eigenvalue weighted by Gasteiger charge is -2.32. The molecule has 0 spiro atoms. The maximum atomic E-state index is 6.73. The number of hydrogen-bond donors (Lipinski definition) is 1. The van der Waals surface area contributed by atoms with Crippen LogP contribution in [0.2, 0.25) is 6.82 Å². The number of fused-ring (bicyclic) bond motifs is 1. The molecule has 5 aromatic rings. The maximum Gasteiger partial charge on any atom is 0.319 e. The molecule has 0 bridgehead atoms. The van der Waals surface area contributed by atoms with Crippen LogP contribution in [-0.2, 0) is 6.32 Å². The third-order valence-corrected chi connectivity index (χ3v) is 12.5. The fraction of sp³-hybridized carbons (Fsp3) is 0.415. The minimum absolute atomic E-state index is 0.0362. The highest BCUT2D eigenvalue weighted by molar-refractivity contribution is 6.69. The zero-order valence-corrected chi connectivity index (χ0v) is 32.9. The van der Waals surface area contributed by atoms with Crippen molar-refractivity contribution in [3.63, 3.8) is 0 Å². The Bertz CT molecular complexity index is 2190. The lowest BCUT2D eigenvalue weighted by atomic mass is 9.56. The Kier molecular flexibility index (Phi) is 9.71. The first-order valence-corrected chi connectivity index (χ1v) is 19.6. The third kappa shape index (κ3) is 6.54. The molecule has 0 radical (unpaired) electrons. The summed E-state index contributed by atoms with van der Waals surface area (Å²) in [5, 5.41) is 0.796. The summed E-state index contributed by atoms with van der Waals surface area (Å²) in [7, 11) is 4.31. The van der Waals surface area contributed by atoms with Gasteiger partial charge in [-0.25, -0.2) is 9.97 Å². The molecule has 13 heteroatoms. The number of nitrogens with zero attached hydrogens (tertiary/aromatic N) is 7. The van der Waals surface area contributed by atoms with Crippen molar-refractivity contribution in [1.82, 2.24) is 24.8 Å². The largest absolute Gasteiger partial charge is 0.475 e. The molecule has 3 atom stereocenters. The van der Waals surface area contributed by atoms with E-state index in [1.165, 1.54) is 23.1 Å². The quantitative estimate of drug-likeness (QED) is 0.207. The molecule has 3 aliphatic rings. The van der Waals surface area contributed by atoms with E-state index in [0.29, 0.717) is 43.4 Å². The summed E-state index contributed by atoms with van der Waals surface area (Å²) in [6, 6.07) is 19.5. The lowest BCUT2D eigenvalue weighted by molar-refractivity contribution is 0.107. The summed E-state index contributed by atoms with van der Waals surface area (Å²) >= 11 is 0. The topological polar surface area (TPSA) is 106 Å². The average Bonchev–Trinajstić information content (AvgIpc) is 3.63. The van der Waals surface area contributed by atoms with Gasteiger partial charge in [-0.1, -0.05) is 55.7 Å². The van der Waals surface area contributed by atoms with Crippen molar-refractivity contribution >= 4 is 56.4 Å². The molecule has 3 aromatic heterocycles. The van der Waals surface area contributed by atoms with Gasteiger partial charge in [0.05, 0.1) is 29.3 Å². The van der Waals surface area contributed by atoms with Crippen molar-refractivity contribution in [2.24, 2.45) is 5.92 Å². The summed E-state index contributed by atoms with van der Waals surface area (Å²) in [6.07, 6.45) is 6.15. The number of nitrogen functional groups attached to an aromatic ring is 1. The van der Waals surface area contributed by atoms with E-state index in [1.54, 1.807) is 6.20 Å². The Balaban J connectivity index is 1.24. The number of aromatic nitrogens is 4. The van der Waals surface area contributed by atoms with Crippen LogP contribution in [0.15, 0.2) is 60.8 Å². The molecule has 2 aromatic carbocycles. The van der Waals surface area contributed by atoms with E-state index in [4.69, 9.17) is 30.2 Å². The molecule has 2 unspecified atom stereocenters. The van der Waals surface area contributed by atoms with Crippen LogP contribution in [0.25, 0.3) is 22.2 Å². The third-order valence-electron chi connectivity index (χ3n) is 12.5. The molecule has 10 nitrogen and oxygen atoms in total. The SMILES string of the molecule is Bc1c(-c2cc(N(B)B(C)Cc3ccccc3)cc(C)c2C)nc2c3c(nc(OC[C@@]45CCCN4CC(C)C5)nc13)N(C(C)c1cccnc1N)CCO2. The Hall–Kier alpha value is -4.77. The van der Waals surface area contributed by atoms with Crippen molar-refractivity contribution in [1.29, 1.82) is 0 Å². The van der Waals surface area contributed by atoms with Gasteiger partial charge < -0.3 is 24.8 Å². The minimum Gasteiger partial charge on any atom is -0.475 e. The monoisotopic (exact) mass is 720 g/mol. The van der Waals surface area contributed by atoms with Crippen LogP contribution < -0.4 is 30.3 Å². The van der Waals surface area contributed by atoms with Crippen molar-refractivity contribution in [2.45, 2.75) is 71.7 Å². The first-order valence-electron chi connectivity index (χ1n) is 19.6. The molecule has 3 aliphatic heterocycles. The van der Waals surface area contributed by atoms with Gasteiger partial charge in [-0.3, -0.25) is 4.90 Å². The van der Waals surface area contributed by atoms with Crippen LogP contribution in [-0.4, -0.2) is 85.9 Å². The molecule has 276 valence electrons. The van der Waals surface area contributed by atoms with Crippen LogP contribution >= 0.6 is 0 Å². The summed E-state index contributed by atoms with van der Waals surface area (Å²) < 4.78 is 15.6. The van der Waals surface area contributed by atoms with Crippen LogP contribution in [0.5, 0.6) is 11.9 Å². The number of anilines is 3. The maximum absolute atomic E-state index is 6.73. The van der Waals surface area contributed by atoms with E-state index >= 15 is 0 Å². The van der Waals surface area contributed by atoms with Crippen LogP contribution in [0.4, 0.5) is 17.3 Å².